The molecule has 0 heterocycles. The second-order valence-electron chi connectivity index (χ2n) is 4.91. The van der Waals surface area contributed by atoms with Crippen molar-refractivity contribution >= 4 is 29.0 Å². The highest BCUT2D eigenvalue weighted by Crippen LogP contribution is 2.32. The van der Waals surface area contributed by atoms with Crippen LogP contribution in [0.2, 0.25) is 0 Å². The van der Waals surface area contributed by atoms with Gasteiger partial charge in [0, 0.05) is 10.9 Å². The number of amides is 1. The molecule has 1 unspecified atom stereocenters. The zero-order valence-corrected chi connectivity index (χ0v) is 11.8. The minimum atomic E-state index is -0.458. The summed E-state index contributed by atoms with van der Waals surface area (Å²) in [5.41, 5.74) is 6.18. The molecule has 1 atom stereocenters. The Balaban J connectivity index is 1.93. The number of nitrogen functional groups attached to an aromatic ring is 1. The fraction of sp³-hybridized carbons (Fsp3) is 0.500. The van der Waals surface area contributed by atoms with E-state index in [0.717, 1.165) is 0 Å². The average Bonchev–Trinajstić information content (AvgIpc) is 2.86. The van der Waals surface area contributed by atoms with Gasteiger partial charge in [0.05, 0.1) is 10.9 Å². The summed E-state index contributed by atoms with van der Waals surface area (Å²) < 4.78 is 13.5. The van der Waals surface area contributed by atoms with Gasteiger partial charge in [0.25, 0.3) is 0 Å². The largest absolute Gasteiger partial charge is 0.399 e. The first-order chi connectivity index (χ1) is 9.06. The van der Waals surface area contributed by atoms with Gasteiger partial charge in [0.2, 0.25) is 5.91 Å². The van der Waals surface area contributed by atoms with Gasteiger partial charge in [-0.1, -0.05) is 12.8 Å². The molecule has 0 saturated heterocycles. The lowest BCUT2D eigenvalue weighted by atomic mass is 10.2. The molecule has 0 aliphatic heterocycles. The number of hydrogen-bond acceptors (Lipinski definition) is 3. The fourth-order valence-electron chi connectivity index (χ4n) is 2.25. The number of thioether (sulfide) groups is 1. The molecule has 3 nitrogen and oxygen atoms in total. The third-order valence-corrected chi connectivity index (χ3v) is 4.79. The highest BCUT2D eigenvalue weighted by molar-refractivity contribution is 8.01. The van der Waals surface area contributed by atoms with Crippen molar-refractivity contribution in [3.63, 3.8) is 0 Å². The monoisotopic (exact) mass is 282 g/mol. The topological polar surface area (TPSA) is 55.1 Å². The van der Waals surface area contributed by atoms with Crippen molar-refractivity contribution in [3.05, 3.63) is 24.0 Å². The van der Waals surface area contributed by atoms with E-state index < -0.39 is 5.82 Å². The van der Waals surface area contributed by atoms with Gasteiger partial charge in [-0.2, -0.15) is 0 Å². The van der Waals surface area contributed by atoms with Crippen molar-refractivity contribution in [1.29, 1.82) is 0 Å². The van der Waals surface area contributed by atoms with Crippen LogP contribution in [0.4, 0.5) is 15.8 Å². The van der Waals surface area contributed by atoms with Crippen LogP contribution >= 0.6 is 11.8 Å². The minimum Gasteiger partial charge on any atom is -0.399 e. The van der Waals surface area contributed by atoms with Gasteiger partial charge >= 0.3 is 0 Å². The quantitative estimate of drug-likeness (QED) is 0.832. The molecular formula is C14H19FN2OS. The van der Waals surface area contributed by atoms with E-state index in [-0.39, 0.29) is 16.8 Å². The average molecular weight is 282 g/mol. The number of rotatable bonds is 4. The van der Waals surface area contributed by atoms with Crippen LogP contribution in [0.1, 0.15) is 32.6 Å². The Bertz CT molecular complexity index is 461. The molecule has 0 radical (unpaired) electrons. The van der Waals surface area contributed by atoms with Crippen LogP contribution in [-0.4, -0.2) is 16.4 Å². The molecule has 1 amide bonds. The third kappa shape index (κ3) is 3.86. The van der Waals surface area contributed by atoms with Crippen LogP contribution in [-0.2, 0) is 4.79 Å². The van der Waals surface area contributed by atoms with Crippen molar-refractivity contribution in [3.8, 4) is 0 Å². The molecule has 1 saturated carbocycles. The van der Waals surface area contributed by atoms with E-state index >= 15 is 0 Å². The van der Waals surface area contributed by atoms with Gasteiger partial charge in [0.1, 0.15) is 5.82 Å². The van der Waals surface area contributed by atoms with E-state index in [1.807, 2.05) is 6.92 Å². The summed E-state index contributed by atoms with van der Waals surface area (Å²) in [5.74, 6) is -0.623. The minimum absolute atomic E-state index is 0.156. The molecule has 19 heavy (non-hydrogen) atoms. The molecule has 1 aromatic rings. The predicted octanol–water partition coefficient (Wildman–Crippen LogP) is 3.41. The standard InChI is InChI=1S/C14H19FN2OS/c1-9(19-11-4-2-3-5-11)14(18)17-13-8-10(16)6-7-12(13)15/h6-9,11H,2-5,16H2,1H3,(H,17,18). The SMILES string of the molecule is CC(SC1CCCC1)C(=O)Nc1cc(N)ccc1F. The zero-order chi connectivity index (χ0) is 13.8. The summed E-state index contributed by atoms with van der Waals surface area (Å²) in [6.45, 7) is 1.86. The van der Waals surface area contributed by atoms with Crippen LogP contribution in [0.5, 0.6) is 0 Å². The molecule has 0 spiro atoms. The summed E-state index contributed by atoms with van der Waals surface area (Å²) in [5, 5.41) is 2.99. The molecule has 0 bridgehead atoms. The van der Waals surface area contributed by atoms with Gasteiger partial charge < -0.3 is 11.1 Å². The Labute approximate surface area is 117 Å². The first kappa shape index (κ1) is 14.2. The highest BCUT2D eigenvalue weighted by Gasteiger charge is 2.22. The normalized spacial score (nSPS) is 17.4. The smallest absolute Gasteiger partial charge is 0.237 e. The van der Waals surface area contributed by atoms with Crippen LogP contribution in [0.15, 0.2) is 18.2 Å². The molecule has 1 aromatic carbocycles. The van der Waals surface area contributed by atoms with Gasteiger partial charge in [-0.15, -0.1) is 11.8 Å². The number of hydrogen-bond donors (Lipinski definition) is 2. The highest BCUT2D eigenvalue weighted by atomic mass is 32.2. The van der Waals surface area contributed by atoms with Crippen LogP contribution in [0.3, 0.4) is 0 Å². The molecule has 0 aromatic heterocycles. The Morgan fingerprint density at radius 3 is 2.84 bits per heavy atom. The first-order valence-electron chi connectivity index (χ1n) is 6.57. The van der Waals surface area contributed by atoms with Crippen molar-refractivity contribution < 1.29 is 9.18 Å². The maximum Gasteiger partial charge on any atom is 0.237 e. The molecule has 104 valence electrons. The number of benzene rings is 1. The summed E-state index contributed by atoms with van der Waals surface area (Å²) in [7, 11) is 0. The Hall–Kier alpha value is -1.23. The maximum atomic E-state index is 13.5. The van der Waals surface area contributed by atoms with Gasteiger partial charge in [-0.25, -0.2) is 4.39 Å². The van der Waals surface area contributed by atoms with Crippen molar-refractivity contribution in [2.75, 3.05) is 11.1 Å². The molecule has 5 heteroatoms. The first-order valence-corrected chi connectivity index (χ1v) is 7.52. The second-order valence-corrected chi connectivity index (χ2v) is 6.56. The lowest BCUT2D eigenvalue weighted by Crippen LogP contribution is -2.24. The number of anilines is 2. The summed E-state index contributed by atoms with van der Waals surface area (Å²) in [4.78, 5) is 12.0. The third-order valence-electron chi connectivity index (χ3n) is 3.32. The summed E-state index contributed by atoms with van der Waals surface area (Å²) in [6.07, 6.45) is 4.84. The summed E-state index contributed by atoms with van der Waals surface area (Å²) >= 11 is 1.68. The second kappa shape index (κ2) is 6.28. The van der Waals surface area contributed by atoms with E-state index in [1.54, 1.807) is 11.8 Å². The molecule has 3 N–H and O–H groups in total. The van der Waals surface area contributed by atoms with E-state index in [2.05, 4.69) is 5.32 Å². The number of nitrogens with two attached hydrogens (primary N) is 1. The summed E-state index contributed by atoms with van der Waals surface area (Å²) in [6, 6.07) is 4.18. The number of nitrogens with one attached hydrogen (secondary N) is 1. The molecule has 1 fully saturated rings. The van der Waals surface area contributed by atoms with Gasteiger partial charge in [-0.3, -0.25) is 4.79 Å². The van der Waals surface area contributed by atoms with E-state index in [4.69, 9.17) is 5.73 Å². The molecule has 2 rings (SSSR count). The van der Waals surface area contributed by atoms with E-state index in [9.17, 15) is 9.18 Å². The van der Waals surface area contributed by atoms with E-state index in [0.29, 0.717) is 10.9 Å². The Morgan fingerprint density at radius 1 is 1.47 bits per heavy atom. The molecule has 1 aliphatic rings. The van der Waals surface area contributed by atoms with Crippen LogP contribution < -0.4 is 11.1 Å². The lowest BCUT2D eigenvalue weighted by molar-refractivity contribution is -0.115. The lowest BCUT2D eigenvalue weighted by Gasteiger charge is -2.16. The number of carbonyl (C=O) groups excluding carboxylic acids is 1. The van der Waals surface area contributed by atoms with Crippen LogP contribution in [0.25, 0.3) is 0 Å². The van der Waals surface area contributed by atoms with Crippen molar-refractivity contribution in [2.24, 2.45) is 0 Å². The molecular weight excluding hydrogens is 263 g/mol. The molecule has 1 aliphatic carbocycles. The predicted molar refractivity (Wildman–Crippen MR) is 78.8 cm³/mol. The maximum absolute atomic E-state index is 13.5. The zero-order valence-electron chi connectivity index (χ0n) is 11.0. The Kier molecular flexibility index (Phi) is 4.69. The van der Waals surface area contributed by atoms with Crippen molar-refractivity contribution in [1.82, 2.24) is 0 Å². The Morgan fingerprint density at radius 2 is 2.16 bits per heavy atom. The van der Waals surface area contributed by atoms with Gasteiger partial charge in [-0.05, 0) is 38.0 Å². The van der Waals surface area contributed by atoms with Crippen molar-refractivity contribution in [2.45, 2.75) is 43.1 Å². The number of carbonyl (C=O) groups is 1. The van der Waals surface area contributed by atoms with Gasteiger partial charge in [0.15, 0.2) is 0 Å². The fourth-order valence-corrected chi connectivity index (χ4v) is 3.61. The van der Waals surface area contributed by atoms with E-state index in [1.165, 1.54) is 43.9 Å². The van der Waals surface area contributed by atoms with Crippen LogP contribution in [0, 0.1) is 5.82 Å². The number of halogens is 1.